The molecule has 0 bridgehead atoms. The highest BCUT2D eigenvalue weighted by Gasteiger charge is 2.15. The number of aromatic nitrogens is 1. The van der Waals surface area contributed by atoms with Crippen LogP contribution in [0.2, 0.25) is 0 Å². The fourth-order valence-electron chi connectivity index (χ4n) is 1.39. The molecule has 0 aromatic carbocycles. The first-order valence-electron chi connectivity index (χ1n) is 6.26. The predicted molar refractivity (Wildman–Crippen MR) is 71.4 cm³/mol. The first-order valence-corrected chi connectivity index (χ1v) is 6.26. The molecule has 1 aromatic heterocycles. The van der Waals surface area contributed by atoms with Crippen LogP contribution in [0.1, 0.15) is 32.8 Å². The maximum Gasteiger partial charge on any atom is 0.359 e. The van der Waals surface area contributed by atoms with Crippen molar-refractivity contribution in [2.24, 2.45) is 11.0 Å². The van der Waals surface area contributed by atoms with E-state index in [2.05, 4.69) is 29.4 Å². The number of nitrogens with zero attached hydrogens (tertiary/aromatic N) is 1. The quantitative estimate of drug-likeness (QED) is 0.337. The number of rotatable bonds is 7. The number of hydrogen-bond acceptors (Lipinski definition) is 4. The summed E-state index contributed by atoms with van der Waals surface area (Å²) in [7, 11) is 0. The van der Waals surface area contributed by atoms with Crippen molar-refractivity contribution in [3.63, 3.8) is 0 Å². The molecule has 0 unspecified atom stereocenters. The van der Waals surface area contributed by atoms with E-state index in [4.69, 9.17) is 4.74 Å². The molecule has 0 saturated carbocycles. The van der Waals surface area contributed by atoms with Gasteiger partial charge < -0.3 is 15.1 Å². The number of hydrogen-bond donors (Lipinski definition) is 2. The molecule has 5 nitrogen and oxygen atoms in total. The molecule has 0 saturated heterocycles. The molecular formula is C13H21N3O2. The lowest BCUT2D eigenvalue weighted by molar-refractivity contribution is -0.134. The van der Waals surface area contributed by atoms with Gasteiger partial charge in [-0.2, -0.15) is 5.10 Å². The second-order valence-corrected chi connectivity index (χ2v) is 4.37. The number of aromatic amines is 1. The van der Waals surface area contributed by atoms with Crippen LogP contribution in [0.3, 0.4) is 0 Å². The summed E-state index contributed by atoms with van der Waals surface area (Å²) in [6.07, 6.45) is 4.48. The zero-order valence-corrected chi connectivity index (χ0v) is 11.2. The van der Waals surface area contributed by atoms with Gasteiger partial charge in [0, 0.05) is 24.5 Å². The summed E-state index contributed by atoms with van der Waals surface area (Å²) in [5.74, 6) is 0.195. The van der Waals surface area contributed by atoms with Gasteiger partial charge in [-0.05, 0) is 25.3 Å². The minimum Gasteiger partial charge on any atom is -0.461 e. The van der Waals surface area contributed by atoms with Gasteiger partial charge in [0.1, 0.15) is 0 Å². The molecule has 0 aliphatic rings. The summed E-state index contributed by atoms with van der Waals surface area (Å²) in [5.41, 5.74) is 3.95. The standard InChI is InChI=1S/C13H21N3O2/c1-4-18-13(17)12(11-6-7-14-9-11)16-15-8-5-10(2)3/h6-7,9-10,14-15H,4-5,8H2,1-3H3. The Bertz CT molecular complexity index is 383. The van der Waals surface area contributed by atoms with Gasteiger partial charge in [-0.25, -0.2) is 4.79 Å². The van der Waals surface area contributed by atoms with Gasteiger partial charge in [0.05, 0.1) is 6.61 Å². The van der Waals surface area contributed by atoms with E-state index in [0.29, 0.717) is 18.2 Å². The van der Waals surface area contributed by atoms with Crippen molar-refractivity contribution < 1.29 is 9.53 Å². The van der Waals surface area contributed by atoms with Crippen LogP contribution in [-0.2, 0) is 9.53 Å². The molecular weight excluding hydrogens is 230 g/mol. The topological polar surface area (TPSA) is 66.5 Å². The number of hydrazone groups is 1. The second-order valence-electron chi connectivity index (χ2n) is 4.37. The monoisotopic (exact) mass is 251 g/mol. The van der Waals surface area contributed by atoms with Crippen molar-refractivity contribution in [1.82, 2.24) is 10.4 Å². The van der Waals surface area contributed by atoms with E-state index >= 15 is 0 Å². The normalized spacial score (nSPS) is 11.7. The minimum atomic E-state index is -0.408. The van der Waals surface area contributed by atoms with Crippen molar-refractivity contribution >= 4 is 11.7 Å². The van der Waals surface area contributed by atoms with E-state index in [1.165, 1.54) is 0 Å². The number of carbonyl (C=O) groups is 1. The summed E-state index contributed by atoms with van der Waals surface area (Å²) in [5, 5.41) is 4.13. The Hall–Kier alpha value is -1.78. The molecule has 0 radical (unpaired) electrons. The third-order valence-corrected chi connectivity index (χ3v) is 2.36. The highest BCUT2D eigenvalue weighted by atomic mass is 16.5. The fourth-order valence-corrected chi connectivity index (χ4v) is 1.39. The SMILES string of the molecule is CCOC(=O)C(=NNCCC(C)C)c1cc[nH]c1. The van der Waals surface area contributed by atoms with Gasteiger partial charge in [0.25, 0.3) is 0 Å². The number of esters is 1. The lowest BCUT2D eigenvalue weighted by Crippen LogP contribution is -2.22. The molecule has 0 amide bonds. The van der Waals surface area contributed by atoms with Gasteiger partial charge >= 0.3 is 5.97 Å². The summed E-state index contributed by atoms with van der Waals surface area (Å²) in [6.45, 7) is 7.14. The first-order chi connectivity index (χ1) is 8.65. The lowest BCUT2D eigenvalue weighted by Gasteiger charge is -2.07. The molecule has 0 aliphatic heterocycles. The fraction of sp³-hybridized carbons (Fsp3) is 0.538. The number of ether oxygens (including phenoxy) is 1. The molecule has 1 rings (SSSR count). The highest BCUT2D eigenvalue weighted by molar-refractivity contribution is 6.43. The molecule has 1 aromatic rings. The average Bonchev–Trinajstić information content (AvgIpc) is 2.82. The largest absolute Gasteiger partial charge is 0.461 e. The van der Waals surface area contributed by atoms with Crippen molar-refractivity contribution in [2.45, 2.75) is 27.2 Å². The Morgan fingerprint density at radius 1 is 1.56 bits per heavy atom. The lowest BCUT2D eigenvalue weighted by atomic mass is 10.1. The number of nitrogens with one attached hydrogen (secondary N) is 2. The Balaban J connectivity index is 2.66. The van der Waals surface area contributed by atoms with E-state index in [1.54, 1.807) is 25.4 Å². The van der Waals surface area contributed by atoms with Crippen LogP contribution < -0.4 is 5.43 Å². The van der Waals surface area contributed by atoms with Crippen molar-refractivity contribution in [3.05, 3.63) is 24.0 Å². The maximum absolute atomic E-state index is 11.8. The van der Waals surface area contributed by atoms with Gasteiger partial charge in [0.15, 0.2) is 5.71 Å². The summed E-state index contributed by atoms with van der Waals surface area (Å²) < 4.78 is 4.98. The van der Waals surface area contributed by atoms with Crippen LogP contribution in [0.4, 0.5) is 0 Å². The van der Waals surface area contributed by atoms with Gasteiger partial charge in [-0.3, -0.25) is 0 Å². The average molecular weight is 251 g/mol. The summed E-state index contributed by atoms with van der Waals surface area (Å²) >= 11 is 0. The van der Waals surface area contributed by atoms with Crippen molar-refractivity contribution in [1.29, 1.82) is 0 Å². The molecule has 0 aliphatic carbocycles. The van der Waals surface area contributed by atoms with Gasteiger partial charge in [0.2, 0.25) is 0 Å². The van der Waals surface area contributed by atoms with Crippen LogP contribution in [0.25, 0.3) is 0 Å². The van der Waals surface area contributed by atoms with Crippen LogP contribution >= 0.6 is 0 Å². The Morgan fingerprint density at radius 2 is 2.33 bits per heavy atom. The van der Waals surface area contributed by atoms with E-state index < -0.39 is 5.97 Å². The summed E-state index contributed by atoms with van der Waals surface area (Å²) in [6, 6.07) is 1.79. The van der Waals surface area contributed by atoms with Gasteiger partial charge in [-0.15, -0.1) is 0 Å². The van der Waals surface area contributed by atoms with Gasteiger partial charge in [-0.1, -0.05) is 13.8 Å². The minimum absolute atomic E-state index is 0.307. The Kier molecular flexibility index (Phi) is 5.97. The Morgan fingerprint density at radius 3 is 2.89 bits per heavy atom. The molecule has 0 spiro atoms. The second kappa shape index (κ2) is 7.53. The molecule has 2 N–H and O–H groups in total. The van der Waals surface area contributed by atoms with Crippen molar-refractivity contribution in [3.8, 4) is 0 Å². The van der Waals surface area contributed by atoms with E-state index in [9.17, 15) is 4.79 Å². The molecule has 18 heavy (non-hydrogen) atoms. The zero-order valence-electron chi connectivity index (χ0n) is 11.2. The van der Waals surface area contributed by atoms with E-state index in [0.717, 1.165) is 18.5 Å². The van der Waals surface area contributed by atoms with E-state index in [-0.39, 0.29) is 0 Å². The van der Waals surface area contributed by atoms with E-state index in [1.807, 2.05) is 0 Å². The molecule has 5 heteroatoms. The Labute approximate surface area is 108 Å². The number of carbonyl (C=O) groups excluding carboxylic acids is 1. The highest BCUT2D eigenvalue weighted by Crippen LogP contribution is 2.02. The zero-order chi connectivity index (χ0) is 13.4. The molecule has 1 heterocycles. The van der Waals surface area contributed by atoms with Crippen LogP contribution in [-0.4, -0.2) is 29.8 Å². The van der Waals surface area contributed by atoms with Crippen LogP contribution in [0.5, 0.6) is 0 Å². The number of H-pyrrole nitrogens is 1. The molecule has 0 fully saturated rings. The third-order valence-electron chi connectivity index (χ3n) is 2.36. The molecule has 0 atom stereocenters. The summed E-state index contributed by atoms with van der Waals surface area (Å²) in [4.78, 5) is 14.7. The third kappa shape index (κ3) is 4.61. The van der Waals surface area contributed by atoms with Crippen LogP contribution in [0.15, 0.2) is 23.6 Å². The smallest absolute Gasteiger partial charge is 0.359 e. The van der Waals surface area contributed by atoms with Crippen molar-refractivity contribution in [2.75, 3.05) is 13.2 Å². The van der Waals surface area contributed by atoms with Crippen LogP contribution in [0, 0.1) is 5.92 Å². The first kappa shape index (κ1) is 14.3. The molecule has 100 valence electrons. The maximum atomic E-state index is 11.8. The predicted octanol–water partition coefficient (Wildman–Crippen LogP) is 1.92.